The normalized spacial score (nSPS) is 20.3. The summed E-state index contributed by atoms with van der Waals surface area (Å²) in [5, 5.41) is 40.1. The van der Waals surface area contributed by atoms with Gasteiger partial charge in [-0.15, -0.1) is 0 Å². The van der Waals surface area contributed by atoms with Gasteiger partial charge in [0.05, 0.1) is 13.2 Å². The molecule has 10 heteroatoms. The Labute approximate surface area is 370 Å². The average molecular weight is 861 g/mol. The van der Waals surface area contributed by atoms with Crippen LogP contribution in [0.25, 0.3) is 0 Å². The number of carbonyl (C=O) groups excluding carboxylic acids is 2. The fourth-order valence-corrected chi connectivity index (χ4v) is 7.00. The molecule has 352 valence electrons. The van der Waals surface area contributed by atoms with E-state index in [2.05, 4.69) is 68.5 Å². The lowest BCUT2D eigenvalue weighted by atomic mass is 9.99. The third-order valence-electron chi connectivity index (χ3n) is 10.9. The molecule has 1 aliphatic rings. The predicted molar refractivity (Wildman–Crippen MR) is 247 cm³/mol. The van der Waals surface area contributed by atoms with E-state index in [0.717, 1.165) is 51.4 Å². The van der Waals surface area contributed by atoms with Crippen molar-refractivity contribution in [2.75, 3.05) is 19.8 Å². The molecule has 0 radical (unpaired) electrons. The fraction of sp³-hybridized carbons (Fsp3) is 0.765. The molecule has 0 aromatic carbocycles. The van der Waals surface area contributed by atoms with E-state index in [9.17, 15) is 30.0 Å². The lowest BCUT2D eigenvalue weighted by Gasteiger charge is -2.39. The van der Waals surface area contributed by atoms with E-state index >= 15 is 0 Å². The number of unbranched alkanes of at least 4 members (excludes halogenated alkanes) is 19. The largest absolute Gasteiger partial charge is 0.462 e. The van der Waals surface area contributed by atoms with Crippen molar-refractivity contribution in [1.82, 2.24) is 0 Å². The smallest absolute Gasteiger partial charge is 0.306 e. The lowest BCUT2D eigenvalue weighted by Crippen LogP contribution is -2.59. The monoisotopic (exact) mass is 861 g/mol. The number of rotatable bonds is 40. The van der Waals surface area contributed by atoms with Crippen LogP contribution in [0.15, 0.2) is 60.8 Å². The van der Waals surface area contributed by atoms with Crippen LogP contribution in [-0.4, -0.2) is 89.0 Å². The van der Waals surface area contributed by atoms with Crippen molar-refractivity contribution in [3.8, 4) is 0 Å². The Kier molecular flexibility index (Phi) is 38.3. The molecule has 10 nitrogen and oxygen atoms in total. The minimum Gasteiger partial charge on any atom is -0.462 e. The van der Waals surface area contributed by atoms with Crippen molar-refractivity contribution in [3.63, 3.8) is 0 Å². The molecule has 2 unspecified atom stereocenters. The van der Waals surface area contributed by atoms with E-state index in [4.69, 9.17) is 18.9 Å². The molecule has 61 heavy (non-hydrogen) atoms. The van der Waals surface area contributed by atoms with E-state index in [-0.39, 0.29) is 26.1 Å². The minimum atomic E-state index is -1.61. The number of aliphatic hydroxyl groups is 4. The van der Waals surface area contributed by atoms with Crippen molar-refractivity contribution in [3.05, 3.63) is 60.8 Å². The first-order valence-electron chi connectivity index (χ1n) is 24.4. The van der Waals surface area contributed by atoms with Crippen molar-refractivity contribution in [2.45, 2.75) is 230 Å². The molecule has 1 rings (SSSR count). The predicted octanol–water partition coefficient (Wildman–Crippen LogP) is 11.0. The number of carbonyl (C=O) groups is 2. The summed E-state index contributed by atoms with van der Waals surface area (Å²) >= 11 is 0. The number of allylic oxidation sites excluding steroid dienone is 10. The van der Waals surface area contributed by atoms with Crippen LogP contribution in [0.4, 0.5) is 0 Å². The molecule has 4 N–H and O–H groups in total. The Morgan fingerprint density at radius 3 is 1.44 bits per heavy atom. The zero-order valence-corrected chi connectivity index (χ0v) is 38.4. The quantitative estimate of drug-likeness (QED) is 0.0266. The highest BCUT2D eigenvalue weighted by Gasteiger charge is 2.44. The Hall–Kier alpha value is -2.60. The third kappa shape index (κ3) is 32.7. The summed E-state index contributed by atoms with van der Waals surface area (Å²) in [5.74, 6) is -0.883. The molecule has 0 aliphatic carbocycles. The first-order chi connectivity index (χ1) is 29.8. The van der Waals surface area contributed by atoms with E-state index in [1.54, 1.807) is 0 Å². The van der Waals surface area contributed by atoms with Gasteiger partial charge in [-0.05, 0) is 77.0 Å². The maximum Gasteiger partial charge on any atom is 0.306 e. The molecule has 1 aliphatic heterocycles. The second-order valence-corrected chi connectivity index (χ2v) is 16.6. The van der Waals surface area contributed by atoms with Crippen LogP contribution in [0.5, 0.6) is 0 Å². The maximum atomic E-state index is 12.8. The Balaban J connectivity index is 2.35. The van der Waals surface area contributed by atoms with Crippen LogP contribution in [-0.2, 0) is 28.5 Å². The fourth-order valence-electron chi connectivity index (χ4n) is 7.00. The molecule has 0 bridgehead atoms. The van der Waals surface area contributed by atoms with Gasteiger partial charge < -0.3 is 39.4 Å². The summed E-state index contributed by atoms with van der Waals surface area (Å²) in [4.78, 5) is 25.4. The summed E-state index contributed by atoms with van der Waals surface area (Å²) in [7, 11) is 0. The summed E-state index contributed by atoms with van der Waals surface area (Å²) in [6.07, 6.45) is 43.8. The van der Waals surface area contributed by atoms with E-state index in [1.807, 2.05) is 6.08 Å². The molecule has 6 atom stereocenters. The molecule has 0 amide bonds. The first kappa shape index (κ1) is 56.4. The van der Waals surface area contributed by atoms with Gasteiger partial charge in [0.25, 0.3) is 0 Å². The molecule has 1 fully saturated rings. The second kappa shape index (κ2) is 41.4. The topological polar surface area (TPSA) is 152 Å². The second-order valence-electron chi connectivity index (χ2n) is 16.6. The van der Waals surface area contributed by atoms with Gasteiger partial charge in [-0.25, -0.2) is 0 Å². The summed E-state index contributed by atoms with van der Waals surface area (Å²) in [6, 6.07) is 0. The zero-order valence-electron chi connectivity index (χ0n) is 38.4. The number of aliphatic hydroxyl groups excluding tert-OH is 4. The molecular formula is C51H88O10. The third-order valence-corrected chi connectivity index (χ3v) is 10.9. The molecule has 1 heterocycles. The Morgan fingerprint density at radius 1 is 0.508 bits per heavy atom. The molecule has 1 saturated heterocycles. The van der Waals surface area contributed by atoms with Crippen LogP contribution in [0.2, 0.25) is 0 Å². The van der Waals surface area contributed by atoms with Gasteiger partial charge in [0, 0.05) is 12.8 Å². The summed E-state index contributed by atoms with van der Waals surface area (Å²) in [6.45, 7) is 3.35. The molecular weight excluding hydrogens is 773 g/mol. The minimum absolute atomic E-state index is 0.151. The van der Waals surface area contributed by atoms with Crippen LogP contribution < -0.4 is 0 Å². The average Bonchev–Trinajstić information content (AvgIpc) is 3.26. The lowest BCUT2D eigenvalue weighted by molar-refractivity contribution is -0.305. The SMILES string of the molecule is CCCCCCCC/C=C/CCCCCCCC(=O)OC[C@H](CO[C@@H]1O[C@H](CO)[C@H](O)C(O)C1O)OC(=O)CCC/C=C/C/C=C/C/C=C/C/C=C/CCCCCCCCC. The standard InChI is InChI=1S/C51H88O10/c1-3-5-7-9-11-13-15-17-19-20-21-22-23-24-26-28-30-32-34-36-38-40-47(54)60-44(43-59-51-50(57)49(56)48(55)45(41-52)61-51)42-58-46(53)39-37-35-33-31-29-27-25-18-16-14-12-10-8-6-4-2/h18-20,22-23,25-26,28,32,34,44-45,48-52,55-57H,3-17,21,24,27,29-31,33,35-43H2,1-2H3/b20-19+,23-22+,25-18+,28-26+,34-32+/t44-,45-,48+,49?,50?,51-/m1/s1. The van der Waals surface area contributed by atoms with Crippen molar-refractivity contribution in [1.29, 1.82) is 0 Å². The zero-order chi connectivity index (χ0) is 44.4. The van der Waals surface area contributed by atoms with Crippen LogP contribution >= 0.6 is 0 Å². The Bertz CT molecular complexity index is 1180. The number of esters is 2. The summed E-state index contributed by atoms with van der Waals surface area (Å²) in [5.41, 5.74) is 0. The summed E-state index contributed by atoms with van der Waals surface area (Å²) < 4.78 is 22.1. The van der Waals surface area contributed by atoms with Gasteiger partial charge in [0.1, 0.15) is 31.0 Å². The van der Waals surface area contributed by atoms with Gasteiger partial charge >= 0.3 is 11.9 Å². The van der Waals surface area contributed by atoms with Gasteiger partial charge in [0.2, 0.25) is 0 Å². The van der Waals surface area contributed by atoms with Crippen LogP contribution in [0.1, 0.15) is 194 Å². The van der Waals surface area contributed by atoms with Crippen molar-refractivity contribution < 1.29 is 49.0 Å². The van der Waals surface area contributed by atoms with E-state index < -0.39 is 55.4 Å². The van der Waals surface area contributed by atoms with Crippen molar-refractivity contribution in [2.24, 2.45) is 0 Å². The van der Waals surface area contributed by atoms with E-state index in [1.165, 1.54) is 96.3 Å². The van der Waals surface area contributed by atoms with Gasteiger partial charge in [-0.1, -0.05) is 164 Å². The number of ether oxygens (including phenoxy) is 4. The van der Waals surface area contributed by atoms with Crippen molar-refractivity contribution >= 4 is 11.9 Å². The molecule has 0 saturated carbocycles. The van der Waals surface area contributed by atoms with E-state index in [0.29, 0.717) is 19.3 Å². The van der Waals surface area contributed by atoms with Crippen LogP contribution in [0.3, 0.4) is 0 Å². The van der Waals surface area contributed by atoms with Gasteiger partial charge in [-0.2, -0.15) is 0 Å². The number of hydrogen-bond donors (Lipinski definition) is 4. The van der Waals surface area contributed by atoms with Gasteiger partial charge in [-0.3, -0.25) is 9.59 Å². The molecule has 0 spiro atoms. The van der Waals surface area contributed by atoms with Crippen LogP contribution in [0, 0.1) is 0 Å². The number of hydrogen-bond acceptors (Lipinski definition) is 10. The van der Waals surface area contributed by atoms with Gasteiger partial charge in [0.15, 0.2) is 12.4 Å². The highest BCUT2D eigenvalue weighted by molar-refractivity contribution is 5.70. The Morgan fingerprint density at radius 2 is 0.934 bits per heavy atom. The molecule has 0 aromatic heterocycles. The highest BCUT2D eigenvalue weighted by Crippen LogP contribution is 2.22. The molecule has 0 aromatic rings. The maximum absolute atomic E-state index is 12.8. The first-order valence-corrected chi connectivity index (χ1v) is 24.4. The highest BCUT2D eigenvalue weighted by atomic mass is 16.7.